The maximum Gasteiger partial charge on any atom is 0.492 e. The summed E-state index contributed by atoms with van der Waals surface area (Å²) in [6.07, 6.45) is 3.94. The molecule has 3 rings (SSSR count). The van der Waals surface area contributed by atoms with Gasteiger partial charge >= 0.3 is 13.2 Å². The maximum atomic E-state index is 12.3. The summed E-state index contributed by atoms with van der Waals surface area (Å²) in [4.78, 5) is 12.3. The highest BCUT2D eigenvalue weighted by Crippen LogP contribution is 2.38. The van der Waals surface area contributed by atoms with Crippen LogP contribution in [0.5, 0.6) is 0 Å². The minimum Gasteiger partial charge on any atom is -0.444 e. The zero-order chi connectivity index (χ0) is 23.6. The number of ether oxygens (including phenoxy) is 1. The third-order valence-electron chi connectivity index (χ3n) is 6.49. The highest BCUT2D eigenvalue weighted by Gasteiger charge is 2.52. The highest BCUT2D eigenvalue weighted by molar-refractivity contribution is 6.56. The fourth-order valence-corrected chi connectivity index (χ4v) is 3.92. The molecule has 2 heterocycles. The van der Waals surface area contributed by atoms with Gasteiger partial charge in [-0.2, -0.15) is 0 Å². The van der Waals surface area contributed by atoms with Gasteiger partial charge in [0.2, 0.25) is 0 Å². The molecule has 0 radical (unpaired) electrons. The number of carbonyl (C=O) groups is 1. The number of hydrogen-bond acceptors (Lipinski definition) is 5. The van der Waals surface area contributed by atoms with E-state index >= 15 is 0 Å². The molecule has 176 valence electrons. The van der Waals surface area contributed by atoms with Gasteiger partial charge in [0.15, 0.2) is 0 Å². The number of alkyl carbamates (subject to hydrolysis) is 1. The van der Waals surface area contributed by atoms with Crippen LogP contribution in [-0.2, 0) is 14.0 Å². The van der Waals surface area contributed by atoms with Crippen molar-refractivity contribution in [1.29, 1.82) is 0 Å². The molecule has 2 saturated heterocycles. The Balaban J connectivity index is 1.78. The van der Waals surface area contributed by atoms with E-state index in [1.165, 1.54) is 18.4 Å². The van der Waals surface area contributed by atoms with Crippen molar-refractivity contribution in [3.05, 3.63) is 40.9 Å². The Bertz CT molecular complexity index is 805. The number of hydrogen-bond donors (Lipinski definition) is 2. The second-order valence-corrected chi connectivity index (χ2v) is 10.9. The van der Waals surface area contributed by atoms with Crippen molar-refractivity contribution in [2.45, 2.75) is 84.0 Å². The summed E-state index contributed by atoms with van der Waals surface area (Å²) in [7, 11) is -0.543. The molecule has 0 unspecified atom stereocenters. The molecule has 32 heavy (non-hydrogen) atoms. The Morgan fingerprint density at radius 3 is 2.22 bits per heavy atom. The molecule has 1 aromatic carbocycles. The van der Waals surface area contributed by atoms with Gasteiger partial charge in [0.05, 0.1) is 11.2 Å². The average molecular weight is 442 g/mol. The predicted molar refractivity (Wildman–Crippen MR) is 130 cm³/mol. The number of amides is 1. The number of benzene rings is 1. The minimum atomic E-state index is -0.553. The van der Waals surface area contributed by atoms with Crippen molar-refractivity contribution in [3.8, 4) is 0 Å². The average Bonchev–Trinajstić information content (AvgIpc) is 2.92. The molecular weight excluding hydrogens is 403 g/mol. The fourth-order valence-electron chi connectivity index (χ4n) is 3.92. The molecule has 0 saturated carbocycles. The zero-order valence-electron chi connectivity index (χ0n) is 20.7. The first-order valence-corrected chi connectivity index (χ1v) is 11.7. The summed E-state index contributed by atoms with van der Waals surface area (Å²) < 4.78 is 17.9. The third kappa shape index (κ3) is 6.36. The Morgan fingerprint density at radius 2 is 1.69 bits per heavy atom. The summed E-state index contributed by atoms with van der Waals surface area (Å²) in [5, 5.41) is 6.28. The summed E-state index contributed by atoms with van der Waals surface area (Å²) in [5.74, 6) is 0.616. The van der Waals surface area contributed by atoms with Crippen LogP contribution in [0.15, 0.2) is 29.7 Å². The SMILES string of the molecule is CC(C)(C)OC(=O)NCC(=Cc1ccc(C2CCNCC2)cc1)B1OC(C)(C)C(C)(C)O1. The van der Waals surface area contributed by atoms with Gasteiger partial charge < -0.3 is 24.7 Å². The fraction of sp³-hybridized carbons (Fsp3) is 0.640. The molecule has 0 bridgehead atoms. The van der Waals surface area contributed by atoms with Crippen LogP contribution in [0.2, 0.25) is 0 Å². The molecule has 0 spiro atoms. The lowest BCUT2D eigenvalue weighted by Crippen LogP contribution is -2.41. The van der Waals surface area contributed by atoms with Crippen molar-refractivity contribution in [2.24, 2.45) is 0 Å². The van der Waals surface area contributed by atoms with E-state index < -0.39 is 30.0 Å². The van der Waals surface area contributed by atoms with Crippen LogP contribution in [0.1, 0.15) is 78.4 Å². The molecule has 2 fully saturated rings. The number of carbonyl (C=O) groups excluding carboxylic acids is 1. The summed E-state index contributed by atoms with van der Waals surface area (Å²) in [6.45, 7) is 16.1. The van der Waals surface area contributed by atoms with E-state index in [2.05, 4.69) is 34.9 Å². The largest absolute Gasteiger partial charge is 0.492 e. The second kappa shape index (κ2) is 9.58. The molecule has 0 atom stereocenters. The number of rotatable bonds is 5. The zero-order valence-corrected chi connectivity index (χ0v) is 20.7. The Kier molecular flexibility index (Phi) is 7.43. The van der Waals surface area contributed by atoms with Crippen LogP contribution in [0.3, 0.4) is 0 Å². The molecule has 2 aliphatic rings. The van der Waals surface area contributed by atoms with Crippen LogP contribution < -0.4 is 10.6 Å². The molecule has 0 aromatic heterocycles. The molecule has 6 nitrogen and oxygen atoms in total. The molecule has 0 aliphatic carbocycles. The molecule has 1 aromatic rings. The minimum absolute atomic E-state index is 0.280. The van der Waals surface area contributed by atoms with Crippen LogP contribution in [0.4, 0.5) is 4.79 Å². The van der Waals surface area contributed by atoms with Crippen LogP contribution in [0.25, 0.3) is 6.08 Å². The molecule has 2 N–H and O–H groups in total. The topological polar surface area (TPSA) is 68.8 Å². The standard InChI is InChI=1S/C25H39BN2O4/c1-23(2,3)30-22(29)28-17-21(26-31-24(4,5)25(6,7)32-26)16-18-8-10-19(11-9-18)20-12-14-27-15-13-20/h8-11,16,20,27H,12-15,17H2,1-7H3,(H,28,29). The number of nitrogens with one attached hydrogen (secondary N) is 2. The van der Waals surface area contributed by atoms with Crippen LogP contribution in [-0.4, -0.2) is 49.6 Å². The summed E-state index contributed by atoms with van der Waals surface area (Å²) in [5.41, 5.74) is 1.82. The molecule has 1 amide bonds. The van der Waals surface area contributed by atoms with Crippen LogP contribution in [0, 0.1) is 0 Å². The van der Waals surface area contributed by atoms with E-state index in [4.69, 9.17) is 14.0 Å². The maximum absolute atomic E-state index is 12.3. The Labute approximate surface area is 193 Å². The quantitative estimate of drug-likeness (QED) is 0.648. The van der Waals surface area contributed by atoms with E-state index in [9.17, 15) is 4.79 Å². The second-order valence-electron chi connectivity index (χ2n) is 10.9. The smallest absolute Gasteiger partial charge is 0.444 e. The predicted octanol–water partition coefficient (Wildman–Crippen LogP) is 4.69. The van der Waals surface area contributed by atoms with E-state index in [0.29, 0.717) is 5.92 Å². The first-order valence-electron chi connectivity index (χ1n) is 11.7. The third-order valence-corrected chi connectivity index (χ3v) is 6.49. The number of piperidine rings is 1. The van der Waals surface area contributed by atoms with Crippen molar-refractivity contribution in [3.63, 3.8) is 0 Å². The lowest BCUT2D eigenvalue weighted by Gasteiger charge is -2.32. The first kappa shape index (κ1) is 24.8. The van der Waals surface area contributed by atoms with Gasteiger partial charge in [0.25, 0.3) is 0 Å². The van der Waals surface area contributed by atoms with Gasteiger partial charge in [0.1, 0.15) is 5.60 Å². The normalized spacial score (nSPS) is 21.5. The van der Waals surface area contributed by atoms with Crippen molar-refractivity contribution >= 4 is 19.3 Å². The lowest BCUT2D eigenvalue weighted by molar-refractivity contribution is 0.00578. The van der Waals surface area contributed by atoms with E-state index in [-0.39, 0.29) is 6.54 Å². The van der Waals surface area contributed by atoms with E-state index in [1.807, 2.05) is 54.5 Å². The van der Waals surface area contributed by atoms with E-state index in [0.717, 1.165) is 24.1 Å². The van der Waals surface area contributed by atoms with Crippen molar-refractivity contribution in [1.82, 2.24) is 10.6 Å². The lowest BCUT2D eigenvalue weighted by atomic mass is 9.77. The van der Waals surface area contributed by atoms with Gasteiger partial charge in [-0.05, 0) is 96.9 Å². The van der Waals surface area contributed by atoms with Gasteiger partial charge in [-0.25, -0.2) is 4.79 Å². The monoisotopic (exact) mass is 442 g/mol. The van der Waals surface area contributed by atoms with Crippen LogP contribution >= 0.6 is 0 Å². The van der Waals surface area contributed by atoms with Gasteiger partial charge in [0, 0.05) is 6.54 Å². The Hall–Kier alpha value is -1.83. The van der Waals surface area contributed by atoms with Gasteiger partial charge in [-0.3, -0.25) is 0 Å². The summed E-state index contributed by atoms with van der Waals surface area (Å²) in [6, 6.07) is 8.70. The summed E-state index contributed by atoms with van der Waals surface area (Å²) >= 11 is 0. The molecule has 2 aliphatic heterocycles. The van der Waals surface area contributed by atoms with Crippen molar-refractivity contribution < 1.29 is 18.8 Å². The van der Waals surface area contributed by atoms with Gasteiger partial charge in [-0.1, -0.05) is 30.3 Å². The Morgan fingerprint density at radius 1 is 1.12 bits per heavy atom. The van der Waals surface area contributed by atoms with Gasteiger partial charge in [-0.15, -0.1) is 0 Å². The van der Waals surface area contributed by atoms with Crippen molar-refractivity contribution in [2.75, 3.05) is 19.6 Å². The molecule has 7 heteroatoms. The van der Waals surface area contributed by atoms with E-state index in [1.54, 1.807) is 0 Å². The molecular formula is C25H39BN2O4. The highest BCUT2D eigenvalue weighted by atomic mass is 16.7. The first-order chi connectivity index (χ1) is 14.9.